The van der Waals surface area contributed by atoms with Crippen molar-refractivity contribution in [2.75, 3.05) is 10.6 Å². The Labute approximate surface area is 145 Å². The van der Waals surface area contributed by atoms with Crippen molar-refractivity contribution in [1.29, 1.82) is 0 Å². The fraction of sp³-hybridized carbons (Fsp3) is 0.438. The highest BCUT2D eigenvalue weighted by Crippen LogP contribution is 2.22. The predicted octanol–water partition coefficient (Wildman–Crippen LogP) is 5.06. The van der Waals surface area contributed by atoms with Gasteiger partial charge in [-0.15, -0.1) is 0 Å². The van der Waals surface area contributed by atoms with Crippen molar-refractivity contribution in [2.45, 2.75) is 44.6 Å². The molecule has 1 aromatic heterocycles. The second-order valence-electron chi connectivity index (χ2n) is 5.72. The second-order valence-corrected chi connectivity index (χ2v) is 6.49. The van der Waals surface area contributed by atoms with Crippen LogP contribution < -0.4 is 10.6 Å². The zero-order valence-corrected chi connectivity index (χ0v) is 14.2. The number of anilines is 3. The molecule has 1 aliphatic rings. The van der Waals surface area contributed by atoms with Gasteiger partial charge in [-0.25, -0.2) is 0 Å². The molecule has 1 fully saturated rings. The molecule has 2 aromatic rings. The van der Waals surface area contributed by atoms with Crippen molar-refractivity contribution < 1.29 is 0 Å². The molecule has 5 nitrogen and oxygen atoms in total. The third-order valence-electron chi connectivity index (χ3n) is 3.88. The van der Waals surface area contributed by atoms with Crippen molar-refractivity contribution in [3.05, 3.63) is 34.6 Å². The quantitative estimate of drug-likeness (QED) is 0.754. The number of halogens is 2. The maximum atomic E-state index is 6.03. The molecule has 122 valence electrons. The molecule has 0 unspecified atom stereocenters. The summed E-state index contributed by atoms with van der Waals surface area (Å²) in [6.07, 6.45) is 7.37. The first-order chi connectivity index (χ1) is 11.2. The Balaban J connectivity index is 1.73. The van der Waals surface area contributed by atoms with E-state index >= 15 is 0 Å². The van der Waals surface area contributed by atoms with E-state index in [-0.39, 0.29) is 5.28 Å². The average Bonchev–Trinajstić information content (AvgIpc) is 2.75. The van der Waals surface area contributed by atoms with Gasteiger partial charge in [-0.05, 0) is 42.6 Å². The van der Waals surface area contributed by atoms with E-state index < -0.39 is 0 Å². The van der Waals surface area contributed by atoms with Crippen LogP contribution in [0.1, 0.15) is 38.5 Å². The molecule has 1 aromatic carbocycles. The smallest absolute Gasteiger partial charge is 0.233 e. The lowest BCUT2D eigenvalue weighted by atomic mass is 10.1. The van der Waals surface area contributed by atoms with Gasteiger partial charge in [0.25, 0.3) is 0 Å². The molecule has 0 saturated heterocycles. The molecule has 0 amide bonds. The van der Waals surface area contributed by atoms with E-state index in [1.807, 2.05) is 18.2 Å². The summed E-state index contributed by atoms with van der Waals surface area (Å²) >= 11 is 12.0. The summed E-state index contributed by atoms with van der Waals surface area (Å²) in [4.78, 5) is 12.7. The van der Waals surface area contributed by atoms with Gasteiger partial charge >= 0.3 is 0 Å². The van der Waals surface area contributed by atoms with Gasteiger partial charge in [-0.1, -0.05) is 43.4 Å². The van der Waals surface area contributed by atoms with Crippen LogP contribution in [0.15, 0.2) is 24.3 Å². The molecule has 0 radical (unpaired) electrons. The normalized spacial score (nSPS) is 15.9. The number of benzene rings is 1. The first-order valence-electron chi connectivity index (χ1n) is 7.90. The molecule has 0 spiro atoms. The fourth-order valence-electron chi connectivity index (χ4n) is 2.77. The van der Waals surface area contributed by atoms with Crippen molar-refractivity contribution >= 4 is 40.8 Å². The van der Waals surface area contributed by atoms with Gasteiger partial charge in [0.05, 0.1) is 0 Å². The number of hydrogen-bond acceptors (Lipinski definition) is 5. The van der Waals surface area contributed by atoms with Crippen LogP contribution in [0, 0.1) is 0 Å². The number of aromatic nitrogens is 3. The summed E-state index contributed by atoms with van der Waals surface area (Å²) in [5.41, 5.74) is 0.806. The third-order valence-corrected chi connectivity index (χ3v) is 4.28. The van der Waals surface area contributed by atoms with Crippen LogP contribution in [0.5, 0.6) is 0 Å². The minimum absolute atomic E-state index is 0.167. The highest BCUT2D eigenvalue weighted by Gasteiger charge is 2.14. The monoisotopic (exact) mass is 351 g/mol. The zero-order chi connectivity index (χ0) is 16.1. The van der Waals surface area contributed by atoms with Gasteiger partial charge in [0.2, 0.25) is 17.2 Å². The first kappa shape index (κ1) is 16.3. The zero-order valence-electron chi connectivity index (χ0n) is 12.7. The molecular weight excluding hydrogens is 333 g/mol. The maximum absolute atomic E-state index is 6.03. The van der Waals surface area contributed by atoms with Gasteiger partial charge < -0.3 is 10.6 Å². The minimum atomic E-state index is 0.167. The highest BCUT2D eigenvalue weighted by molar-refractivity contribution is 6.30. The van der Waals surface area contributed by atoms with Gasteiger partial charge in [0, 0.05) is 16.8 Å². The minimum Gasteiger partial charge on any atom is -0.351 e. The first-order valence-corrected chi connectivity index (χ1v) is 8.65. The van der Waals surface area contributed by atoms with Gasteiger partial charge in [-0.2, -0.15) is 15.0 Å². The molecule has 1 saturated carbocycles. The third kappa shape index (κ3) is 4.94. The van der Waals surface area contributed by atoms with Crippen molar-refractivity contribution in [2.24, 2.45) is 0 Å². The van der Waals surface area contributed by atoms with Crippen LogP contribution in [-0.2, 0) is 0 Å². The lowest BCUT2D eigenvalue weighted by Crippen LogP contribution is -2.20. The van der Waals surface area contributed by atoms with Crippen molar-refractivity contribution in [3.63, 3.8) is 0 Å². The van der Waals surface area contributed by atoms with E-state index in [0.717, 1.165) is 18.5 Å². The van der Waals surface area contributed by atoms with Gasteiger partial charge in [0.15, 0.2) is 0 Å². The number of nitrogens with one attached hydrogen (secondary N) is 2. The molecule has 2 N–H and O–H groups in total. The Kier molecular flexibility index (Phi) is 5.51. The molecule has 0 bridgehead atoms. The molecule has 0 aliphatic heterocycles. The molecule has 1 heterocycles. The standard InChI is InChI=1S/C16H19Cl2N5/c17-11-6-5-9-13(10-11)20-16-22-14(18)21-15(23-16)19-12-7-3-1-2-4-8-12/h5-6,9-10,12H,1-4,7-8H2,(H2,19,20,21,22,23). The molecule has 0 atom stereocenters. The summed E-state index contributed by atoms with van der Waals surface area (Å²) in [5, 5.41) is 7.30. The van der Waals surface area contributed by atoms with Crippen LogP contribution >= 0.6 is 23.2 Å². The van der Waals surface area contributed by atoms with Gasteiger partial charge in [0.1, 0.15) is 0 Å². The summed E-state index contributed by atoms with van der Waals surface area (Å²) in [6, 6.07) is 7.76. The molecule has 23 heavy (non-hydrogen) atoms. The Morgan fingerprint density at radius 3 is 2.39 bits per heavy atom. The van der Waals surface area contributed by atoms with Crippen molar-refractivity contribution in [3.8, 4) is 0 Å². The van der Waals surface area contributed by atoms with E-state index in [1.54, 1.807) is 6.07 Å². The topological polar surface area (TPSA) is 62.7 Å². The van der Waals surface area contributed by atoms with Crippen LogP contribution in [0.3, 0.4) is 0 Å². The number of nitrogens with zero attached hydrogens (tertiary/aromatic N) is 3. The Hall–Kier alpha value is -1.59. The van der Waals surface area contributed by atoms with Crippen LogP contribution in [-0.4, -0.2) is 21.0 Å². The predicted molar refractivity (Wildman–Crippen MR) is 94.7 cm³/mol. The summed E-state index contributed by atoms with van der Waals surface area (Å²) in [7, 11) is 0. The Morgan fingerprint density at radius 1 is 0.913 bits per heavy atom. The largest absolute Gasteiger partial charge is 0.351 e. The van der Waals surface area contributed by atoms with Gasteiger partial charge in [-0.3, -0.25) is 0 Å². The summed E-state index contributed by atoms with van der Waals surface area (Å²) < 4.78 is 0. The SMILES string of the molecule is Clc1cccc(Nc2nc(Cl)nc(NC3CCCCCC3)n2)c1. The lowest BCUT2D eigenvalue weighted by molar-refractivity contribution is 0.614. The van der Waals surface area contributed by atoms with Crippen LogP contribution in [0.2, 0.25) is 10.3 Å². The summed E-state index contributed by atoms with van der Waals surface area (Å²) in [6.45, 7) is 0. The lowest BCUT2D eigenvalue weighted by Gasteiger charge is -2.16. The highest BCUT2D eigenvalue weighted by atomic mass is 35.5. The molecule has 3 rings (SSSR count). The van der Waals surface area contributed by atoms with E-state index in [4.69, 9.17) is 23.2 Å². The van der Waals surface area contributed by atoms with Crippen LogP contribution in [0.4, 0.5) is 17.6 Å². The average molecular weight is 352 g/mol. The number of hydrogen-bond donors (Lipinski definition) is 2. The molecule has 7 heteroatoms. The second kappa shape index (κ2) is 7.79. The Bertz CT molecular complexity index is 657. The van der Waals surface area contributed by atoms with E-state index in [2.05, 4.69) is 25.6 Å². The maximum Gasteiger partial charge on any atom is 0.233 e. The van der Waals surface area contributed by atoms with Crippen LogP contribution in [0.25, 0.3) is 0 Å². The summed E-state index contributed by atoms with van der Waals surface area (Å²) in [5.74, 6) is 0.921. The van der Waals surface area contributed by atoms with E-state index in [1.165, 1.54) is 25.7 Å². The van der Waals surface area contributed by atoms with Crippen molar-refractivity contribution in [1.82, 2.24) is 15.0 Å². The molecular formula is C16H19Cl2N5. The van der Waals surface area contributed by atoms with E-state index in [9.17, 15) is 0 Å². The van der Waals surface area contributed by atoms with E-state index in [0.29, 0.717) is 23.0 Å². The molecule has 1 aliphatic carbocycles. The fourth-order valence-corrected chi connectivity index (χ4v) is 3.12. The Morgan fingerprint density at radius 2 is 1.65 bits per heavy atom. The number of rotatable bonds is 4.